The third-order valence-electron chi connectivity index (χ3n) is 10.5. The summed E-state index contributed by atoms with van der Waals surface area (Å²) in [4.78, 5) is 12.5. The van der Waals surface area contributed by atoms with Crippen LogP contribution in [-0.4, -0.2) is 46.1 Å². The molecule has 0 aliphatic carbocycles. The Kier molecular flexibility index (Phi) is 40.6. The monoisotopic (exact) mass is 720 g/mol. The van der Waals surface area contributed by atoms with Crippen molar-refractivity contribution in [2.75, 3.05) is 6.61 Å². The van der Waals surface area contributed by atoms with Crippen LogP contribution >= 0.6 is 0 Å². The highest BCUT2D eigenvalue weighted by molar-refractivity contribution is 5.80. The summed E-state index contributed by atoms with van der Waals surface area (Å²) in [5.41, 5.74) is 0. The van der Waals surface area contributed by atoms with E-state index in [1.54, 1.807) is 6.08 Å². The van der Waals surface area contributed by atoms with Crippen molar-refractivity contribution >= 4 is 5.91 Å². The second kappa shape index (κ2) is 41.6. The summed E-state index contributed by atoms with van der Waals surface area (Å²) in [7, 11) is 0. The molecule has 0 fully saturated rings. The molecule has 0 bridgehead atoms. The van der Waals surface area contributed by atoms with E-state index in [4.69, 9.17) is 0 Å². The van der Waals surface area contributed by atoms with Gasteiger partial charge in [-0.1, -0.05) is 218 Å². The van der Waals surface area contributed by atoms with Gasteiger partial charge in [-0.15, -0.1) is 0 Å². The molecule has 3 atom stereocenters. The molecule has 0 aromatic rings. The molecule has 5 heteroatoms. The molecule has 0 aliphatic heterocycles. The Morgan fingerprint density at radius 3 is 1.14 bits per heavy atom. The zero-order valence-electron chi connectivity index (χ0n) is 34.2. The predicted octanol–water partition coefficient (Wildman–Crippen LogP) is 13.0. The Balaban J connectivity index is 3.62. The predicted molar refractivity (Wildman–Crippen MR) is 222 cm³/mol. The van der Waals surface area contributed by atoms with Crippen LogP contribution < -0.4 is 5.32 Å². The van der Waals surface area contributed by atoms with Crippen molar-refractivity contribution in [2.45, 2.75) is 257 Å². The summed E-state index contributed by atoms with van der Waals surface area (Å²) in [6, 6.07) is -0.796. The second-order valence-electron chi connectivity index (χ2n) is 15.6. The van der Waals surface area contributed by atoms with Gasteiger partial charge in [0.2, 0.25) is 5.91 Å². The number of carbonyl (C=O) groups is 1. The molecule has 302 valence electrons. The number of amides is 1. The number of carbonyl (C=O) groups excluding carboxylic acids is 1. The maximum absolute atomic E-state index is 12.5. The highest BCUT2D eigenvalue weighted by Crippen LogP contribution is 2.15. The van der Waals surface area contributed by atoms with E-state index in [-0.39, 0.29) is 6.61 Å². The number of aliphatic hydroxyl groups excluding tert-OH is 3. The first-order valence-electron chi connectivity index (χ1n) is 22.7. The van der Waals surface area contributed by atoms with E-state index in [0.717, 1.165) is 32.1 Å². The van der Waals surface area contributed by atoms with Crippen molar-refractivity contribution in [1.29, 1.82) is 0 Å². The lowest BCUT2D eigenvalue weighted by Gasteiger charge is -2.21. The standard InChI is InChI=1S/C46H89NO4/c1-3-5-7-9-11-13-15-17-18-19-20-21-22-23-24-25-26-27-29-31-33-35-37-39-41-45(50)46(51)47-43(42-48)44(49)40-38-36-34-32-30-28-16-14-12-10-8-6-4-2/h23-24,38,40,43-45,48-50H,3-22,25-37,39,41-42H2,1-2H3,(H,47,51)/b24-23-,40-38+. The van der Waals surface area contributed by atoms with Crippen LogP contribution in [0.4, 0.5) is 0 Å². The fourth-order valence-electron chi connectivity index (χ4n) is 6.94. The quantitative estimate of drug-likeness (QED) is 0.0374. The Labute approximate surface area is 318 Å². The van der Waals surface area contributed by atoms with Gasteiger partial charge in [0.25, 0.3) is 0 Å². The molecule has 0 rings (SSSR count). The zero-order valence-corrected chi connectivity index (χ0v) is 34.2. The van der Waals surface area contributed by atoms with Crippen LogP contribution in [0.25, 0.3) is 0 Å². The Hall–Kier alpha value is -1.17. The van der Waals surface area contributed by atoms with Crippen LogP contribution in [0, 0.1) is 0 Å². The molecule has 4 N–H and O–H groups in total. The van der Waals surface area contributed by atoms with E-state index in [9.17, 15) is 20.1 Å². The van der Waals surface area contributed by atoms with E-state index in [2.05, 4.69) is 31.3 Å². The number of aliphatic hydroxyl groups is 3. The fourth-order valence-corrected chi connectivity index (χ4v) is 6.94. The zero-order chi connectivity index (χ0) is 37.3. The Morgan fingerprint density at radius 1 is 0.471 bits per heavy atom. The van der Waals surface area contributed by atoms with Gasteiger partial charge in [-0.25, -0.2) is 0 Å². The minimum Gasteiger partial charge on any atom is -0.394 e. The van der Waals surface area contributed by atoms with Crippen LogP contribution in [0.1, 0.15) is 239 Å². The van der Waals surface area contributed by atoms with Crippen LogP contribution in [0.2, 0.25) is 0 Å². The number of unbranched alkanes of at least 4 members (excludes halogenated alkanes) is 31. The van der Waals surface area contributed by atoms with Crippen molar-refractivity contribution in [3.05, 3.63) is 24.3 Å². The van der Waals surface area contributed by atoms with Gasteiger partial charge < -0.3 is 20.6 Å². The molecule has 5 nitrogen and oxygen atoms in total. The van der Waals surface area contributed by atoms with Gasteiger partial charge in [0.05, 0.1) is 18.8 Å². The lowest BCUT2D eigenvalue weighted by molar-refractivity contribution is -0.131. The molecule has 0 radical (unpaired) electrons. The molecular weight excluding hydrogens is 631 g/mol. The molecule has 3 unspecified atom stereocenters. The van der Waals surface area contributed by atoms with Crippen LogP contribution in [-0.2, 0) is 4.79 Å². The first-order chi connectivity index (χ1) is 25.1. The van der Waals surface area contributed by atoms with Gasteiger partial charge in [-0.05, 0) is 44.9 Å². The summed E-state index contributed by atoms with van der Waals surface area (Å²) >= 11 is 0. The fraction of sp³-hybridized carbons (Fsp3) is 0.891. The number of hydrogen-bond acceptors (Lipinski definition) is 4. The molecule has 0 heterocycles. The highest BCUT2D eigenvalue weighted by Gasteiger charge is 2.22. The van der Waals surface area contributed by atoms with E-state index in [1.807, 2.05) is 6.08 Å². The number of nitrogens with one attached hydrogen (secondary N) is 1. The molecule has 0 saturated heterocycles. The lowest BCUT2D eigenvalue weighted by Crippen LogP contribution is -2.48. The third-order valence-corrected chi connectivity index (χ3v) is 10.5. The van der Waals surface area contributed by atoms with Gasteiger partial charge in [0.1, 0.15) is 6.10 Å². The Bertz CT molecular complexity index is 754. The van der Waals surface area contributed by atoms with Crippen molar-refractivity contribution in [3.63, 3.8) is 0 Å². The minimum absolute atomic E-state index is 0.363. The molecule has 51 heavy (non-hydrogen) atoms. The van der Waals surface area contributed by atoms with Crippen molar-refractivity contribution in [2.24, 2.45) is 0 Å². The lowest BCUT2D eigenvalue weighted by atomic mass is 10.0. The number of hydrogen-bond donors (Lipinski definition) is 4. The molecule has 0 aromatic heterocycles. The smallest absolute Gasteiger partial charge is 0.249 e. The topological polar surface area (TPSA) is 89.8 Å². The SMILES string of the molecule is CCCCCCCCCCCCC/C=C/C(O)C(CO)NC(=O)C(O)CCCCCCCCCC/C=C\CCCCCCCCCCCCCC. The third kappa shape index (κ3) is 37.0. The highest BCUT2D eigenvalue weighted by atomic mass is 16.3. The second-order valence-corrected chi connectivity index (χ2v) is 15.6. The van der Waals surface area contributed by atoms with Crippen LogP contribution in [0.15, 0.2) is 24.3 Å². The van der Waals surface area contributed by atoms with Gasteiger partial charge >= 0.3 is 0 Å². The maximum Gasteiger partial charge on any atom is 0.249 e. The average Bonchev–Trinajstić information content (AvgIpc) is 3.13. The van der Waals surface area contributed by atoms with Gasteiger partial charge in [-0.2, -0.15) is 0 Å². The summed E-state index contributed by atoms with van der Waals surface area (Å²) in [5.74, 6) is -0.505. The summed E-state index contributed by atoms with van der Waals surface area (Å²) in [6.45, 7) is 4.18. The van der Waals surface area contributed by atoms with Gasteiger partial charge in [-0.3, -0.25) is 4.79 Å². The van der Waals surface area contributed by atoms with E-state index >= 15 is 0 Å². The van der Waals surface area contributed by atoms with E-state index < -0.39 is 24.2 Å². The van der Waals surface area contributed by atoms with E-state index in [0.29, 0.717) is 6.42 Å². The number of rotatable bonds is 41. The summed E-state index contributed by atoms with van der Waals surface area (Å²) in [5, 5.41) is 33.1. The minimum atomic E-state index is -1.10. The van der Waals surface area contributed by atoms with Gasteiger partial charge in [0, 0.05) is 0 Å². The molecule has 0 saturated carbocycles. The molecular formula is C46H89NO4. The maximum atomic E-state index is 12.5. The number of allylic oxidation sites excluding steroid dienone is 3. The Morgan fingerprint density at radius 2 is 0.784 bits per heavy atom. The normalized spacial score (nSPS) is 13.7. The molecule has 0 aliphatic rings. The van der Waals surface area contributed by atoms with Crippen molar-refractivity contribution in [1.82, 2.24) is 5.32 Å². The van der Waals surface area contributed by atoms with Gasteiger partial charge in [0.15, 0.2) is 0 Å². The first-order valence-corrected chi connectivity index (χ1v) is 22.7. The molecule has 0 aromatic carbocycles. The van der Waals surface area contributed by atoms with E-state index in [1.165, 1.54) is 186 Å². The summed E-state index contributed by atoms with van der Waals surface area (Å²) in [6.07, 6.45) is 50.7. The van der Waals surface area contributed by atoms with Crippen molar-refractivity contribution in [3.8, 4) is 0 Å². The average molecular weight is 720 g/mol. The molecule has 0 spiro atoms. The molecule has 1 amide bonds. The van der Waals surface area contributed by atoms with Crippen LogP contribution in [0.5, 0.6) is 0 Å². The van der Waals surface area contributed by atoms with Crippen molar-refractivity contribution < 1.29 is 20.1 Å². The van der Waals surface area contributed by atoms with Crippen LogP contribution in [0.3, 0.4) is 0 Å². The largest absolute Gasteiger partial charge is 0.394 e. The summed E-state index contributed by atoms with van der Waals surface area (Å²) < 4.78 is 0. The first kappa shape index (κ1) is 49.8.